The second-order valence-corrected chi connectivity index (χ2v) is 6.65. The number of nitrogens with zero attached hydrogens (tertiary/aromatic N) is 1. The molecule has 21 heavy (non-hydrogen) atoms. The average molecular weight is 296 g/mol. The van der Waals surface area contributed by atoms with Gasteiger partial charge in [-0.2, -0.15) is 0 Å². The number of amides is 1. The molecule has 2 saturated carbocycles. The zero-order valence-corrected chi connectivity index (χ0v) is 13.3. The predicted octanol–water partition coefficient (Wildman–Crippen LogP) is 1.17. The van der Waals surface area contributed by atoms with Crippen LogP contribution in [-0.4, -0.2) is 61.9 Å². The second kappa shape index (κ2) is 6.23. The molecule has 1 N–H and O–H groups in total. The van der Waals surface area contributed by atoms with Crippen LogP contribution in [0.3, 0.4) is 0 Å². The van der Waals surface area contributed by atoms with E-state index in [1.165, 1.54) is 19.3 Å². The molecular formula is C16H28N2O3. The fraction of sp³-hybridized carbons (Fsp3) is 0.938. The van der Waals surface area contributed by atoms with Crippen molar-refractivity contribution in [1.82, 2.24) is 10.2 Å². The van der Waals surface area contributed by atoms with Crippen LogP contribution in [0, 0.1) is 5.41 Å². The molecule has 3 fully saturated rings. The van der Waals surface area contributed by atoms with Crippen molar-refractivity contribution in [2.75, 3.05) is 32.9 Å². The van der Waals surface area contributed by atoms with Crippen molar-refractivity contribution in [1.29, 1.82) is 0 Å². The Bertz CT molecular complexity index is 378. The summed E-state index contributed by atoms with van der Waals surface area (Å²) in [4.78, 5) is 14.4. The average Bonchev–Trinajstić information content (AvgIpc) is 2.44. The topological polar surface area (TPSA) is 50.8 Å². The van der Waals surface area contributed by atoms with Crippen molar-refractivity contribution in [3.05, 3.63) is 0 Å². The quantitative estimate of drug-likeness (QED) is 0.827. The van der Waals surface area contributed by atoms with Gasteiger partial charge in [-0.3, -0.25) is 4.79 Å². The van der Waals surface area contributed by atoms with Gasteiger partial charge in [0.2, 0.25) is 5.91 Å². The highest BCUT2D eigenvalue weighted by Crippen LogP contribution is 2.57. The molecule has 0 aromatic heterocycles. The zero-order chi connectivity index (χ0) is 14.9. The first kappa shape index (κ1) is 15.3. The third kappa shape index (κ3) is 2.71. The lowest BCUT2D eigenvalue weighted by Crippen LogP contribution is -2.69. The van der Waals surface area contributed by atoms with Crippen LogP contribution in [0.15, 0.2) is 0 Å². The van der Waals surface area contributed by atoms with Crippen molar-refractivity contribution in [2.24, 2.45) is 5.41 Å². The minimum Gasteiger partial charge on any atom is -0.378 e. The van der Waals surface area contributed by atoms with Crippen molar-refractivity contribution in [2.45, 2.75) is 57.7 Å². The van der Waals surface area contributed by atoms with Gasteiger partial charge in [0.1, 0.15) is 0 Å². The molecule has 1 amide bonds. The summed E-state index contributed by atoms with van der Waals surface area (Å²) in [6.07, 6.45) is 5.24. The second-order valence-electron chi connectivity index (χ2n) is 6.65. The van der Waals surface area contributed by atoms with Gasteiger partial charge in [0, 0.05) is 31.2 Å². The fourth-order valence-electron chi connectivity index (χ4n) is 4.10. The molecular weight excluding hydrogens is 268 g/mol. The lowest BCUT2D eigenvalue weighted by Gasteiger charge is -2.61. The number of carbonyl (C=O) groups is 1. The molecule has 0 radical (unpaired) electrons. The maximum atomic E-state index is 12.5. The Balaban J connectivity index is 1.53. The standard InChI is InChI=1S/C16H28N2O3/c1-3-21-14-11-13(16(14)5-4-6-16)17-12(2)15(19)18-7-9-20-10-8-18/h12-14,17H,3-11H2,1-2H3. The Kier molecular flexibility index (Phi) is 4.52. The number of ether oxygens (including phenoxy) is 2. The van der Waals surface area contributed by atoms with Crippen LogP contribution in [0.25, 0.3) is 0 Å². The first-order valence-electron chi connectivity index (χ1n) is 8.41. The number of rotatable bonds is 5. The highest BCUT2D eigenvalue weighted by Gasteiger charge is 2.59. The molecule has 0 bridgehead atoms. The van der Waals surface area contributed by atoms with Crippen molar-refractivity contribution in [3.63, 3.8) is 0 Å². The van der Waals surface area contributed by atoms with Crippen molar-refractivity contribution < 1.29 is 14.3 Å². The molecule has 0 aromatic rings. The van der Waals surface area contributed by atoms with Gasteiger partial charge in [-0.05, 0) is 33.1 Å². The molecule has 1 aliphatic heterocycles. The molecule has 1 spiro atoms. The first-order valence-corrected chi connectivity index (χ1v) is 8.41. The van der Waals surface area contributed by atoms with E-state index in [2.05, 4.69) is 12.2 Å². The number of morpholine rings is 1. The van der Waals surface area contributed by atoms with Crippen molar-refractivity contribution in [3.8, 4) is 0 Å². The van der Waals surface area contributed by atoms with Crippen LogP contribution in [0.4, 0.5) is 0 Å². The van der Waals surface area contributed by atoms with Crippen molar-refractivity contribution >= 4 is 5.91 Å². The maximum Gasteiger partial charge on any atom is 0.239 e. The minimum absolute atomic E-state index is 0.104. The monoisotopic (exact) mass is 296 g/mol. The van der Waals surface area contributed by atoms with E-state index in [0.29, 0.717) is 30.8 Å². The molecule has 1 saturated heterocycles. The van der Waals surface area contributed by atoms with Gasteiger partial charge in [-0.25, -0.2) is 0 Å². The first-order chi connectivity index (χ1) is 10.2. The third-order valence-electron chi connectivity index (χ3n) is 5.58. The fourth-order valence-corrected chi connectivity index (χ4v) is 4.10. The summed E-state index contributed by atoms with van der Waals surface area (Å²) < 4.78 is 11.2. The Morgan fingerprint density at radius 2 is 2.14 bits per heavy atom. The zero-order valence-electron chi connectivity index (χ0n) is 13.3. The van der Waals surface area contributed by atoms with Gasteiger partial charge in [0.25, 0.3) is 0 Å². The molecule has 3 unspecified atom stereocenters. The largest absolute Gasteiger partial charge is 0.378 e. The molecule has 120 valence electrons. The molecule has 5 nitrogen and oxygen atoms in total. The molecule has 3 rings (SSSR count). The van der Waals surface area contributed by atoms with Crippen LogP contribution in [0.1, 0.15) is 39.5 Å². The highest BCUT2D eigenvalue weighted by molar-refractivity contribution is 5.81. The summed E-state index contributed by atoms with van der Waals surface area (Å²) >= 11 is 0. The molecule has 3 atom stereocenters. The van der Waals surface area contributed by atoms with Crippen LogP contribution in [0.2, 0.25) is 0 Å². The van der Waals surface area contributed by atoms with Gasteiger partial charge in [-0.15, -0.1) is 0 Å². The number of hydrogen-bond donors (Lipinski definition) is 1. The van der Waals surface area contributed by atoms with E-state index in [-0.39, 0.29) is 11.9 Å². The summed E-state index contributed by atoms with van der Waals surface area (Å²) in [7, 11) is 0. The maximum absolute atomic E-state index is 12.5. The van der Waals surface area contributed by atoms with E-state index in [1.807, 2.05) is 11.8 Å². The predicted molar refractivity (Wildman–Crippen MR) is 80.1 cm³/mol. The Morgan fingerprint density at radius 1 is 1.43 bits per heavy atom. The molecule has 5 heteroatoms. The third-order valence-corrected chi connectivity index (χ3v) is 5.58. The lowest BCUT2D eigenvalue weighted by molar-refractivity contribution is -0.176. The number of hydrogen-bond acceptors (Lipinski definition) is 4. The molecule has 3 aliphatic rings. The van der Waals surface area contributed by atoms with Gasteiger partial charge >= 0.3 is 0 Å². The molecule has 1 heterocycles. The van der Waals surface area contributed by atoms with Crippen LogP contribution < -0.4 is 5.32 Å². The summed E-state index contributed by atoms with van der Waals surface area (Å²) in [5.41, 5.74) is 0.315. The lowest BCUT2D eigenvalue weighted by atomic mass is 9.51. The van der Waals surface area contributed by atoms with E-state index in [0.717, 1.165) is 26.1 Å². The summed E-state index contributed by atoms with van der Waals surface area (Å²) in [6.45, 7) is 7.64. The minimum atomic E-state index is -0.104. The SMILES string of the molecule is CCOC1CC(NC(C)C(=O)N2CCOCC2)C12CCC2. The normalized spacial score (nSPS) is 32.4. The molecule has 0 aromatic carbocycles. The summed E-state index contributed by atoms with van der Waals surface area (Å²) in [5, 5.41) is 3.58. The van der Waals surface area contributed by atoms with Crippen LogP contribution >= 0.6 is 0 Å². The summed E-state index contributed by atoms with van der Waals surface area (Å²) in [5.74, 6) is 0.215. The smallest absolute Gasteiger partial charge is 0.239 e. The summed E-state index contributed by atoms with van der Waals surface area (Å²) in [6, 6.07) is 0.343. The van der Waals surface area contributed by atoms with E-state index in [4.69, 9.17) is 9.47 Å². The number of nitrogens with one attached hydrogen (secondary N) is 1. The van der Waals surface area contributed by atoms with E-state index in [9.17, 15) is 4.79 Å². The van der Waals surface area contributed by atoms with Gasteiger partial charge in [0.05, 0.1) is 25.4 Å². The Hall–Kier alpha value is -0.650. The van der Waals surface area contributed by atoms with E-state index in [1.54, 1.807) is 0 Å². The molecule has 2 aliphatic carbocycles. The van der Waals surface area contributed by atoms with Gasteiger partial charge < -0.3 is 19.7 Å². The Labute approximate surface area is 127 Å². The Morgan fingerprint density at radius 3 is 2.71 bits per heavy atom. The van der Waals surface area contributed by atoms with Gasteiger partial charge in [0.15, 0.2) is 0 Å². The van der Waals surface area contributed by atoms with Gasteiger partial charge in [-0.1, -0.05) is 6.42 Å². The number of carbonyl (C=O) groups excluding carboxylic acids is 1. The van der Waals surface area contributed by atoms with E-state index >= 15 is 0 Å². The van der Waals surface area contributed by atoms with Crippen LogP contribution in [0.5, 0.6) is 0 Å². The highest BCUT2D eigenvalue weighted by atomic mass is 16.5. The van der Waals surface area contributed by atoms with Crippen LogP contribution in [-0.2, 0) is 14.3 Å². The van der Waals surface area contributed by atoms with E-state index < -0.39 is 0 Å².